The van der Waals surface area contributed by atoms with E-state index in [2.05, 4.69) is 20.7 Å². The third-order valence-electron chi connectivity index (χ3n) is 2.38. The fourth-order valence-electron chi connectivity index (χ4n) is 1.39. The first-order valence-electron chi connectivity index (χ1n) is 5.19. The van der Waals surface area contributed by atoms with Gasteiger partial charge in [0.2, 0.25) is 0 Å². The van der Waals surface area contributed by atoms with Crippen LogP contribution in [0.5, 0.6) is 0 Å². The van der Waals surface area contributed by atoms with Gasteiger partial charge in [0.05, 0.1) is 27.2 Å². The van der Waals surface area contributed by atoms with E-state index in [0.717, 1.165) is 11.3 Å². The number of aliphatic hydroxyl groups is 1. The van der Waals surface area contributed by atoms with E-state index in [-0.39, 0.29) is 27.2 Å². The molecule has 9 heteroatoms. The Bertz CT molecular complexity index is 746. The van der Waals surface area contributed by atoms with Gasteiger partial charge in [0.15, 0.2) is 0 Å². The van der Waals surface area contributed by atoms with E-state index in [1.807, 2.05) is 0 Å². The van der Waals surface area contributed by atoms with Crippen molar-refractivity contribution >= 4 is 66.2 Å². The van der Waals surface area contributed by atoms with Crippen LogP contribution >= 0.6 is 50.5 Å². The first-order chi connectivity index (χ1) is 9.35. The summed E-state index contributed by atoms with van der Waals surface area (Å²) in [7, 11) is -3.76. The molecule has 1 heterocycles. The van der Waals surface area contributed by atoms with Gasteiger partial charge in [-0.15, -0.1) is 11.3 Å². The summed E-state index contributed by atoms with van der Waals surface area (Å²) in [5, 5.41) is 10.8. The topological polar surface area (TPSA) is 66.4 Å². The summed E-state index contributed by atoms with van der Waals surface area (Å²) in [5.74, 6) is 0. The van der Waals surface area contributed by atoms with Crippen molar-refractivity contribution in [3.8, 4) is 0 Å². The number of hydrogen-bond acceptors (Lipinski definition) is 4. The Morgan fingerprint density at radius 3 is 2.60 bits per heavy atom. The van der Waals surface area contributed by atoms with Crippen LogP contribution in [0.3, 0.4) is 0 Å². The van der Waals surface area contributed by atoms with Crippen LogP contribution < -0.4 is 4.72 Å². The molecule has 0 saturated carbocycles. The number of aliphatic hydroxyl groups excluding tert-OH is 1. The largest absolute Gasteiger partial charge is 0.391 e. The first kappa shape index (κ1) is 16.1. The minimum absolute atomic E-state index is 0.0710. The summed E-state index contributed by atoms with van der Waals surface area (Å²) in [6.45, 7) is -0.203. The highest BCUT2D eigenvalue weighted by molar-refractivity contribution is 9.10. The molecule has 2 N–H and O–H groups in total. The van der Waals surface area contributed by atoms with Crippen LogP contribution in [0.4, 0.5) is 5.69 Å². The summed E-state index contributed by atoms with van der Waals surface area (Å²) in [6, 6.07) is 4.51. The molecule has 2 rings (SSSR count). The first-order valence-corrected chi connectivity index (χ1v) is 9.11. The maximum Gasteiger partial charge on any atom is 0.262 e. The van der Waals surface area contributed by atoms with Gasteiger partial charge < -0.3 is 5.11 Å². The van der Waals surface area contributed by atoms with E-state index in [1.165, 1.54) is 17.5 Å². The molecule has 0 saturated heterocycles. The monoisotopic (exact) mass is 415 g/mol. The average Bonchev–Trinajstić information content (AvgIpc) is 2.89. The second-order valence-electron chi connectivity index (χ2n) is 3.74. The van der Waals surface area contributed by atoms with Crippen LogP contribution in [0.15, 0.2) is 32.9 Å². The van der Waals surface area contributed by atoms with Crippen LogP contribution in [0, 0.1) is 0 Å². The summed E-state index contributed by atoms with van der Waals surface area (Å²) in [6.07, 6.45) is 0. The lowest BCUT2D eigenvalue weighted by atomic mass is 10.3. The molecular weight excluding hydrogens is 409 g/mol. The lowest BCUT2D eigenvalue weighted by molar-refractivity contribution is 0.285. The Balaban J connectivity index is 2.36. The number of nitrogens with one attached hydrogen (secondary N) is 1. The summed E-state index contributed by atoms with van der Waals surface area (Å²) < 4.78 is 27.3. The lowest BCUT2D eigenvalue weighted by Gasteiger charge is -2.10. The number of anilines is 1. The summed E-state index contributed by atoms with van der Waals surface area (Å²) in [5.41, 5.74) is 0.191. The Labute approximate surface area is 138 Å². The maximum absolute atomic E-state index is 12.2. The van der Waals surface area contributed by atoms with Gasteiger partial charge in [0.25, 0.3) is 10.0 Å². The van der Waals surface area contributed by atoms with Crippen molar-refractivity contribution in [2.75, 3.05) is 4.72 Å². The molecule has 2 aromatic rings. The molecule has 0 aliphatic carbocycles. The zero-order chi connectivity index (χ0) is 14.9. The van der Waals surface area contributed by atoms with E-state index < -0.39 is 10.0 Å². The number of rotatable bonds is 4. The van der Waals surface area contributed by atoms with Crippen molar-refractivity contribution in [2.45, 2.75) is 11.5 Å². The minimum atomic E-state index is -3.76. The fourth-order valence-corrected chi connectivity index (χ4v) is 4.48. The van der Waals surface area contributed by atoms with Gasteiger partial charge in [-0.05, 0) is 34.1 Å². The van der Waals surface area contributed by atoms with Crippen molar-refractivity contribution in [3.05, 3.63) is 43.0 Å². The molecule has 20 heavy (non-hydrogen) atoms. The Morgan fingerprint density at radius 1 is 1.30 bits per heavy atom. The average molecular weight is 417 g/mol. The van der Waals surface area contributed by atoms with E-state index in [1.54, 1.807) is 6.07 Å². The molecule has 1 aromatic carbocycles. The Kier molecular flexibility index (Phi) is 4.99. The minimum Gasteiger partial charge on any atom is -0.391 e. The van der Waals surface area contributed by atoms with Crippen molar-refractivity contribution < 1.29 is 13.5 Å². The molecule has 0 fully saturated rings. The van der Waals surface area contributed by atoms with E-state index in [4.69, 9.17) is 28.3 Å². The smallest absolute Gasteiger partial charge is 0.262 e. The predicted molar refractivity (Wildman–Crippen MR) is 85.2 cm³/mol. The highest BCUT2D eigenvalue weighted by Gasteiger charge is 2.19. The number of sulfonamides is 1. The number of halogens is 3. The molecule has 0 amide bonds. The van der Waals surface area contributed by atoms with E-state index in [9.17, 15) is 8.42 Å². The molecule has 0 bridgehead atoms. The normalized spacial score (nSPS) is 11.6. The van der Waals surface area contributed by atoms with Gasteiger partial charge in [-0.2, -0.15) is 0 Å². The molecule has 4 nitrogen and oxygen atoms in total. The van der Waals surface area contributed by atoms with Crippen molar-refractivity contribution in [1.82, 2.24) is 0 Å². The van der Waals surface area contributed by atoms with Crippen molar-refractivity contribution in [2.24, 2.45) is 0 Å². The fraction of sp³-hybridized carbons (Fsp3) is 0.0909. The maximum atomic E-state index is 12.2. The summed E-state index contributed by atoms with van der Waals surface area (Å²) in [4.78, 5) is 0.631. The highest BCUT2D eigenvalue weighted by atomic mass is 79.9. The molecule has 1 aromatic heterocycles. The van der Waals surface area contributed by atoms with Crippen LogP contribution in [0.1, 0.15) is 4.88 Å². The van der Waals surface area contributed by atoms with Gasteiger partial charge in [-0.25, -0.2) is 8.42 Å². The van der Waals surface area contributed by atoms with Gasteiger partial charge in [-0.3, -0.25) is 4.72 Å². The van der Waals surface area contributed by atoms with Gasteiger partial charge in [0, 0.05) is 14.7 Å². The summed E-state index contributed by atoms with van der Waals surface area (Å²) >= 11 is 16.3. The number of hydrogen-bond donors (Lipinski definition) is 2. The SMILES string of the molecule is O=S(=O)(Nc1ccc(Br)c(Cl)c1Cl)c1csc(CO)c1. The molecule has 0 aliphatic rings. The molecular formula is C11H8BrCl2NO3S2. The van der Waals surface area contributed by atoms with Crippen LogP contribution in [-0.2, 0) is 16.6 Å². The van der Waals surface area contributed by atoms with Gasteiger partial charge in [0.1, 0.15) is 0 Å². The molecule has 108 valence electrons. The van der Waals surface area contributed by atoms with Gasteiger partial charge >= 0.3 is 0 Å². The molecule has 0 atom stereocenters. The lowest BCUT2D eigenvalue weighted by Crippen LogP contribution is -2.12. The van der Waals surface area contributed by atoms with E-state index in [0.29, 0.717) is 9.35 Å². The van der Waals surface area contributed by atoms with Crippen LogP contribution in [0.25, 0.3) is 0 Å². The van der Waals surface area contributed by atoms with Gasteiger partial charge in [-0.1, -0.05) is 23.2 Å². The molecule has 0 unspecified atom stereocenters. The Morgan fingerprint density at radius 2 is 2.00 bits per heavy atom. The highest BCUT2D eigenvalue weighted by Crippen LogP contribution is 2.36. The third kappa shape index (κ3) is 3.29. The molecule has 0 aliphatic heterocycles. The van der Waals surface area contributed by atoms with Crippen molar-refractivity contribution in [1.29, 1.82) is 0 Å². The van der Waals surface area contributed by atoms with E-state index >= 15 is 0 Å². The van der Waals surface area contributed by atoms with Crippen LogP contribution in [-0.4, -0.2) is 13.5 Å². The molecule has 0 radical (unpaired) electrons. The zero-order valence-electron chi connectivity index (χ0n) is 9.73. The third-order valence-corrected chi connectivity index (χ3v) is 6.56. The Hall–Kier alpha value is -0.310. The second-order valence-corrected chi connectivity index (χ2v) is 8.02. The number of benzene rings is 1. The second kappa shape index (κ2) is 6.21. The number of thiophene rings is 1. The van der Waals surface area contributed by atoms with Crippen molar-refractivity contribution in [3.63, 3.8) is 0 Å². The quantitative estimate of drug-likeness (QED) is 0.737. The predicted octanol–water partition coefficient (Wildman–Crippen LogP) is 4.11. The standard InChI is InChI=1S/C11H8BrCl2NO3S2/c12-8-1-2-9(11(14)10(8)13)15-20(17,18)7-3-6(4-16)19-5-7/h1-3,5,15-16H,4H2. The molecule has 0 spiro atoms. The zero-order valence-corrected chi connectivity index (χ0v) is 14.5. The van der Waals surface area contributed by atoms with Crippen LogP contribution in [0.2, 0.25) is 10.0 Å².